The first-order valence-corrected chi connectivity index (χ1v) is 42.0. The number of phosphoric acid groups is 2. The fraction of sp³-hybridized carbons (Fsp3) is 0.947. The lowest BCUT2D eigenvalue weighted by molar-refractivity contribution is -0.161. The molecular weight excluding hydrogens is 1230 g/mol. The number of hydrogen-bond donors (Lipinski definition) is 3. The standard InChI is InChI=1S/C75H146O17P2/c1-7-9-11-13-15-17-18-28-35-41-47-53-59-74(79)91-70(63-85-72(77)57-51-45-39-31-16-14-12-10-8-2)65-89-93(81,82)87-61-69(76)62-88-94(83,84)90-66-71(64-86-73(78)58-52-46-40-34-29-25-21-23-27-33-38-44-50-56-68(5)6)92-75(80)60-54-48-42-36-30-24-20-19-22-26-32-37-43-49-55-67(3)4/h67-71,76H,7-66H2,1-6H3,(H,81,82)(H,83,84)/t69-,70+,71+/m0/s1. The van der Waals surface area contributed by atoms with Crippen LogP contribution in [-0.2, 0) is 65.4 Å². The van der Waals surface area contributed by atoms with E-state index >= 15 is 0 Å². The molecule has 19 heteroatoms. The molecule has 0 saturated carbocycles. The van der Waals surface area contributed by atoms with Crippen molar-refractivity contribution in [2.45, 2.75) is 407 Å². The van der Waals surface area contributed by atoms with Gasteiger partial charge in [0.15, 0.2) is 12.2 Å². The molecular formula is C75H146O17P2. The summed E-state index contributed by atoms with van der Waals surface area (Å²) in [6.07, 6.45) is 54.0. The Labute approximate surface area is 575 Å². The molecule has 0 aliphatic carbocycles. The van der Waals surface area contributed by atoms with Crippen LogP contribution in [0.4, 0.5) is 0 Å². The molecule has 0 aliphatic heterocycles. The van der Waals surface area contributed by atoms with Crippen molar-refractivity contribution in [1.82, 2.24) is 0 Å². The van der Waals surface area contributed by atoms with Gasteiger partial charge in [0.25, 0.3) is 0 Å². The minimum atomic E-state index is -4.96. The van der Waals surface area contributed by atoms with Crippen LogP contribution >= 0.6 is 15.6 Å². The average molecular weight is 1380 g/mol. The summed E-state index contributed by atoms with van der Waals surface area (Å²) in [5.41, 5.74) is 0. The van der Waals surface area contributed by atoms with Gasteiger partial charge in [0, 0.05) is 25.7 Å². The van der Waals surface area contributed by atoms with Crippen LogP contribution in [0.1, 0.15) is 388 Å². The summed E-state index contributed by atoms with van der Waals surface area (Å²) in [4.78, 5) is 72.7. The zero-order valence-electron chi connectivity index (χ0n) is 61.3. The van der Waals surface area contributed by atoms with Gasteiger partial charge in [0.1, 0.15) is 19.3 Å². The van der Waals surface area contributed by atoms with E-state index < -0.39 is 97.5 Å². The first kappa shape index (κ1) is 92.1. The number of esters is 4. The van der Waals surface area contributed by atoms with E-state index in [1.807, 2.05) is 0 Å². The second kappa shape index (κ2) is 66.9. The van der Waals surface area contributed by atoms with Gasteiger partial charge in [-0.1, -0.05) is 337 Å². The zero-order valence-corrected chi connectivity index (χ0v) is 63.1. The topological polar surface area (TPSA) is 237 Å². The molecule has 0 heterocycles. The Bertz CT molecular complexity index is 1820. The number of phosphoric ester groups is 2. The number of unbranched alkanes of at least 4 members (excludes halogenated alkanes) is 44. The monoisotopic (exact) mass is 1380 g/mol. The lowest BCUT2D eigenvalue weighted by Crippen LogP contribution is -2.30. The summed E-state index contributed by atoms with van der Waals surface area (Å²) in [7, 11) is -9.91. The van der Waals surface area contributed by atoms with Crippen molar-refractivity contribution in [3.63, 3.8) is 0 Å². The van der Waals surface area contributed by atoms with E-state index in [-0.39, 0.29) is 25.7 Å². The Balaban J connectivity index is 5.23. The van der Waals surface area contributed by atoms with Crippen molar-refractivity contribution in [2.24, 2.45) is 11.8 Å². The maximum atomic E-state index is 13.1. The van der Waals surface area contributed by atoms with Gasteiger partial charge in [-0.05, 0) is 37.5 Å². The third-order valence-electron chi connectivity index (χ3n) is 17.5. The van der Waals surface area contributed by atoms with Gasteiger partial charge in [-0.15, -0.1) is 0 Å². The molecule has 0 aromatic heterocycles. The van der Waals surface area contributed by atoms with Crippen LogP contribution in [0.25, 0.3) is 0 Å². The van der Waals surface area contributed by atoms with Gasteiger partial charge in [-0.3, -0.25) is 37.3 Å². The second-order valence-electron chi connectivity index (χ2n) is 28.0. The van der Waals surface area contributed by atoms with E-state index in [2.05, 4.69) is 41.5 Å². The minimum Gasteiger partial charge on any atom is -0.462 e. The third-order valence-corrected chi connectivity index (χ3v) is 19.4. The molecule has 0 radical (unpaired) electrons. The van der Waals surface area contributed by atoms with Gasteiger partial charge < -0.3 is 33.8 Å². The van der Waals surface area contributed by atoms with Crippen LogP contribution < -0.4 is 0 Å². The minimum absolute atomic E-state index is 0.107. The summed E-state index contributed by atoms with van der Waals surface area (Å²) >= 11 is 0. The zero-order chi connectivity index (χ0) is 69.3. The molecule has 0 aromatic carbocycles. The highest BCUT2D eigenvalue weighted by atomic mass is 31.2. The Hall–Kier alpha value is -1.94. The predicted octanol–water partition coefficient (Wildman–Crippen LogP) is 21.9. The van der Waals surface area contributed by atoms with Crippen LogP contribution in [0, 0.1) is 11.8 Å². The van der Waals surface area contributed by atoms with E-state index in [1.54, 1.807) is 0 Å². The highest BCUT2D eigenvalue weighted by molar-refractivity contribution is 7.47. The first-order chi connectivity index (χ1) is 45.4. The smallest absolute Gasteiger partial charge is 0.462 e. The van der Waals surface area contributed by atoms with Crippen LogP contribution in [0.5, 0.6) is 0 Å². The summed E-state index contributed by atoms with van der Waals surface area (Å²) < 4.78 is 68.5. The van der Waals surface area contributed by atoms with Crippen molar-refractivity contribution in [1.29, 1.82) is 0 Å². The quantitative estimate of drug-likeness (QED) is 0.0222. The average Bonchev–Trinajstić information content (AvgIpc) is 1.86. The highest BCUT2D eigenvalue weighted by Crippen LogP contribution is 2.45. The lowest BCUT2D eigenvalue weighted by atomic mass is 10.0. The van der Waals surface area contributed by atoms with Crippen molar-refractivity contribution in [3.05, 3.63) is 0 Å². The Morgan fingerprint density at radius 2 is 0.489 bits per heavy atom. The van der Waals surface area contributed by atoms with Gasteiger partial charge in [0.05, 0.1) is 26.4 Å². The molecule has 0 aromatic rings. The summed E-state index contributed by atoms with van der Waals surface area (Å²) in [5, 5.41) is 10.6. The van der Waals surface area contributed by atoms with Crippen LogP contribution in [0.15, 0.2) is 0 Å². The van der Waals surface area contributed by atoms with E-state index in [0.717, 1.165) is 102 Å². The molecule has 0 aliphatic rings. The maximum absolute atomic E-state index is 13.1. The Morgan fingerprint density at radius 1 is 0.287 bits per heavy atom. The molecule has 94 heavy (non-hydrogen) atoms. The Kier molecular flexibility index (Phi) is 65.5. The largest absolute Gasteiger partial charge is 0.472 e. The number of aliphatic hydroxyl groups excluding tert-OH is 1. The SMILES string of the molecule is CCCCCCCCCCCCCCC(=O)O[C@H](COC(=O)CCCCCCCCCCC)COP(=O)(O)OC[C@H](O)COP(=O)(O)OC[C@@H](COC(=O)CCCCCCCCCCCCCCCC(C)C)OC(=O)CCCCCCCCCCCCCCCCC(C)C. The highest BCUT2D eigenvalue weighted by Gasteiger charge is 2.30. The predicted molar refractivity (Wildman–Crippen MR) is 381 cm³/mol. The molecule has 5 atom stereocenters. The van der Waals surface area contributed by atoms with E-state index in [1.165, 1.54) is 205 Å². The molecule has 0 fully saturated rings. The van der Waals surface area contributed by atoms with Crippen molar-refractivity contribution >= 4 is 39.5 Å². The molecule has 3 N–H and O–H groups in total. The maximum Gasteiger partial charge on any atom is 0.472 e. The fourth-order valence-corrected chi connectivity index (χ4v) is 13.1. The molecule has 17 nitrogen and oxygen atoms in total. The van der Waals surface area contributed by atoms with Gasteiger partial charge >= 0.3 is 39.5 Å². The van der Waals surface area contributed by atoms with E-state index in [0.29, 0.717) is 25.7 Å². The van der Waals surface area contributed by atoms with Crippen LogP contribution in [0.2, 0.25) is 0 Å². The van der Waals surface area contributed by atoms with Crippen molar-refractivity contribution in [3.8, 4) is 0 Å². The van der Waals surface area contributed by atoms with Gasteiger partial charge in [0.2, 0.25) is 0 Å². The number of hydrogen-bond acceptors (Lipinski definition) is 15. The summed E-state index contributed by atoms with van der Waals surface area (Å²) in [5.74, 6) is -0.530. The fourth-order valence-electron chi connectivity index (χ4n) is 11.5. The Morgan fingerprint density at radius 3 is 0.723 bits per heavy atom. The normalized spacial score (nSPS) is 14.0. The molecule has 0 saturated heterocycles. The van der Waals surface area contributed by atoms with Gasteiger partial charge in [-0.25, -0.2) is 9.13 Å². The summed E-state index contributed by atoms with van der Waals surface area (Å²) in [6.45, 7) is 9.62. The molecule has 0 spiro atoms. The molecule has 2 unspecified atom stereocenters. The van der Waals surface area contributed by atoms with Crippen molar-refractivity contribution < 1.29 is 80.2 Å². The summed E-state index contributed by atoms with van der Waals surface area (Å²) in [6, 6.07) is 0. The first-order valence-electron chi connectivity index (χ1n) is 39.0. The molecule has 0 amide bonds. The molecule has 0 bridgehead atoms. The number of carbonyl (C=O) groups excluding carboxylic acids is 4. The van der Waals surface area contributed by atoms with Crippen LogP contribution in [0.3, 0.4) is 0 Å². The van der Waals surface area contributed by atoms with Crippen LogP contribution in [-0.4, -0.2) is 96.7 Å². The number of carbonyl (C=O) groups is 4. The molecule has 0 rings (SSSR count). The van der Waals surface area contributed by atoms with E-state index in [9.17, 15) is 43.2 Å². The van der Waals surface area contributed by atoms with Crippen molar-refractivity contribution in [2.75, 3.05) is 39.6 Å². The number of rotatable bonds is 74. The second-order valence-corrected chi connectivity index (χ2v) is 30.9. The number of aliphatic hydroxyl groups is 1. The molecule has 558 valence electrons. The third kappa shape index (κ3) is 68.6. The van der Waals surface area contributed by atoms with E-state index in [4.69, 9.17) is 37.0 Å². The number of ether oxygens (including phenoxy) is 4. The van der Waals surface area contributed by atoms with Gasteiger partial charge in [-0.2, -0.15) is 0 Å². The lowest BCUT2D eigenvalue weighted by Gasteiger charge is -2.21.